The van der Waals surface area contributed by atoms with E-state index in [-0.39, 0.29) is 31.3 Å². The van der Waals surface area contributed by atoms with Crippen LogP contribution in [0.5, 0.6) is 0 Å². The number of hydrogen-bond acceptors (Lipinski definition) is 4. The van der Waals surface area contributed by atoms with Gasteiger partial charge in [-0.2, -0.15) is 0 Å². The van der Waals surface area contributed by atoms with E-state index in [2.05, 4.69) is 4.98 Å². The Morgan fingerprint density at radius 1 is 1.12 bits per heavy atom. The van der Waals surface area contributed by atoms with Crippen LogP contribution in [0.4, 0.5) is 14.6 Å². The smallest absolute Gasteiger partial charge is 0.257 e. The van der Waals surface area contributed by atoms with E-state index in [0.29, 0.717) is 25.2 Å². The Kier molecular flexibility index (Phi) is 3.62. The standard InChI is InChI=1S/C16H21F2N3O2S/c17-16(18)7-10-21(24(22,23)13-4-5-13)12-15(16)6-9-20(11-15)14-3-1-2-8-19-14/h1-3,8,13H,4-7,9-12H2/t15-/m1/s1. The first-order valence-corrected chi connectivity index (χ1v) is 9.87. The van der Waals surface area contributed by atoms with Gasteiger partial charge >= 0.3 is 0 Å². The van der Waals surface area contributed by atoms with Crippen LogP contribution in [-0.4, -0.2) is 55.1 Å². The number of rotatable bonds is 3. The van der Waals surface area contributed by atoms with Gasteiger partial charge in [-0.3, -0.25) is 0 Å². The van der Waals surface area contributed by atoms with E-state index in [9.17, 15) is 17.2 Å². The van der Waals surface area contributed by atoms with E-state index in [0.717, 1.165) is 0 Å². The first-order valence-electron chi connectivity index (χ1n) is 8.37. The van der Waals surface area contributed by atoms with Gasteiger partial charge in [0.2, 0.25) is 10.0 Å². The van der Waals surface area contributed by atoms with Crippen LogP contribution >= 0.6 is 0 Å². The lowest BCUT2D eigenvalue weighted by Crippen LogP contribution is -2.58. The Morgan fingerprint density at radius 3 is 2.58 bits per heavy atom. The summed E-state index contributed by atoms with van der Waals surface area (Å²) >= 11 is 0. The third-order valence-electron chi connectivity index (χ3n) is 5.56. The average molecular weight is 357 g/mol. The summed E-state index contributed by atoms with van der Waals surface area (Å²) in [6.07, 6.45) is 2.84. The molecule has 0 radical (unpaired) electrons. The maximum absolute atomic E-state index is 14.8. The van der Waals surface area contributed by atoms with Crippen LogP contribution in [0.1, 0.15) is 25.7 Å². The van der Waals surface area contributed by atoms with E-state index in [1.54, 1.807) is 18.3 Å². The molecule has 1 atom stereocenters. The van der Waals surface area contributed by atoms with Crippen LogP contribution in [0, 0.1) is 5.41 Å². The van der Waals surface area contributed by atoms with Gasteiger partial charge in [-0.05, 0) is 31.4 Å². The summed E-state index contributed by atoms with van der Waals surface area (Å²) in [7, 11) is -3.42. The highest BCUT2D eigenvalue weighted by molar-refractivity contribution is 7.90. The summed E-state index contributed by atoms with van der Waals surface area (Å²) in [6.45, 7) is 0.469. The van der Waals surface area contributed by atoms with Crippen LogP contribution in [0.15, 0.2) is 24.4 Å². The summed E-state index contributed by atoms with van der Waals surface area (Å²) in [5, 5.41) is -0.352. The molecular weight excluding hydrogens is 336 g/mol. The van der Waals surface area contributed by atoms with E-state index in [4.69, 9.17) is 0 Å². The molecule has 1 aromatic rings. The molecule has 1 aliphatic carbocycles. The lowest BCUT2D eigenvalue weighted by Gasteiger charge is -2.45. The third-order valence-corrected chi connectivity index (χ3v) is 7.91. The molecule has 0 bridgehead atoms. The lowest BCUT2D eigenvalue weighted by molar-refractivity contribution is -0.145. The Labute approximate surface area is 140 Å². The fourth-order valence-corrected chi connectivity index (χ4v) is 5.82. The highest BCUT2D eigenvalue weighted by Gasteiger charge is 2.61. The highest BCUT2D eigenvalue weighted by atomic mass is 32.2. The summed E-state index contributed by atoms with van der Waals surface area (Å²) in [4.78, 5) is 6.09. The molecule has 2 aliphatic heterocycles. The predicted molar refractivity (Wildman–Crippen MR) is 86.6 cm³/mol. The first kappa shape index (κ1) is 16.2. The number of aromatic nitrogens is 1. The summed E-state index contributed by atoms with van der Waals surface area (Å²) in [6, 6.07) is 5.42. The van der Waals surface area contributed by atoms with Crippen molar-refractivity contribution in [2.24, 2.45) is 5.41 Å². The van der Waals surface area contributed by atoms with E-state index in [1.165, 1.54) is 4.31 Å². The van der Waals surface area contributed by atoms with E-state index >= 15 is 0 Å². The molecule has 0 N–H and O–H groups in total. The van der Waals surface area contributed by atoms with Crippen LogP contribution < -0.4 is 4.90 Å². The van der Waals surface area contributed by atoms with Gasteiger partial charge in [0.1, 0.15) is 5.82 Å². The first-order chi connectivity index (χ1) is 11.3. The van der Waals surface area contributed by atoms with Crippen molar-refractivity contribution in [2.75, 3.05) is 31.1 Å². The molecule has 5 nitrogen and oxygen atoms in total. The number of pyridine rings is 1. The van der Waals surface area contributed by atoms with Crippen molar-refractivity contribution in [3.63, 3.8) is 0 Å². The zero-order chi connectivity index (χ0) is 17.0. The van der Waals surface area contributed by atoms with Gasteiger partial charge in [-0.15, -0.1) is 0 Å². The predicted octanol–water partition coefficient (Wildman–Crippen LogP) is 2.11. The van der Waals surface area contributed by atoms with Crippen molar-refractivity contribution in [3.8, 4) is 0 Å². The maximum Gasteiger partial charge on any atom is 0.257 e. The van der Waals surface area contributed by atoms with Gasteiger partial charge < -0.3 is 4.90 Å². The summed E-state index contributed by atoms with van der Waals surface area (Å²) in [5.74, 6) is -2.18. The molecule has 3 fully saturated rings. The van der Waals surface area contributed by atoms with Crippen molar-refractivity contribution in [1.82, 2.24) is 9.29 Å². The quantitative estimate of drug-likeness (QED) is 0.831. The number of halogens is 2. The normalized spacial score (nSPS) is 30.8. The molecule has 3 aliphatic rings. The molecule has 4 rings (SSSR count). The minimum atomic E-state index is -3.42. The summed E-state index contributed by atoms with van der Waals surface area (Å²) in [5.41, 5.74) is -1.31. The van der Waals surface area contributed by atoms with Crippen LogP contribution in [0.25, 0.3) is 0 Å². The fraction of sp³-hybridized carbons (Fsp3) is 0.688. The van der Waals surface area contributed by atoms with Gasteiger partial charge in [0.25, 0.3) is 5.92 Å². The van der Waals surface area contributed by atoms with Crippen LogP contribution in [0.2, 0.25) is 0 Å². The van der Waals surface area contributed by atoms with Crippen LogP contribution in [-0.2, 0) is 10.0 Å². The topological polar surface area (TPSA) is 53.5 Å². The minimum Gasteiger partial charge on any atom is -0.356 e. The van der Waals surface area contributed by atoms with Gasteiger partial charge in [-0.1, -0.05) is 6.07 Å². The molecule has 3 heterocycles. The molecule has 8 heteroatoms. The molecule has 1 aromatic heterocycles. The largest absolute Gasteiger partial charge is 0.356 e. The Hall–Kier alpha value is -1.28. The van der Waals surface area contributed by atoms with E-state index in [1.807, 2.05) is 11.0 Å². The zero-order valence-corrected chi connectivity index (χ0v) is 14.2. The third kappa shape index (κ3) is 2.50. The van der Waals surface area contributed by atoms with Crippen molar-refractivity contribution in [1.29, 1.82) is 0 Å². The molecule has 0 amide bonds. The Bertz CT molecular complexity index is 724. The zero-order valence-electron chi connectivity index (χ0n) is 13.4. The van der Waals surface area contributed by atoms with E-state index < -0.39 is 27.8 Å². The molecule has 1 saturated carbocycles. The van der Waals surface area contributed by atoms with Crippen molar-refractivity contribution < 1.29 is 17.2 Å². The van der Waals surface area contributed by atoms with Gasteiger partial charge in [0, 0.05) is 38.8 Å². The molecular formula is C16H21F2N3O2S. The SMILES string of the molecule is O=S(=O)(C1CC1)N1CCC(F)(F)[C@@]2(CCN(c3ccccn3)C2)C1. The Balaban J connectivity index is 1.60. The van der Waals surface area contributed by atoms with Gasteiger partial charge in [0.05, 0.1) is 10.7 Å². The maximum atomic E-state index is 14.8. The molecule has 1 spiro atoms. The number of piperidine rings is 1. The number of alkyl halides is 2. The monoisotopic (exact) mass is 357 g/mol. The second-order valence-electron chi connectivity index (χ2n) is 7.17. The van der Waals surface area contributed by atoms with Crippen LogP contribution in [0.3, 0.4) is 0 Å². The summed E-state index contributed by atoms with van der Waals surface area (Å²) < 4.78 is 55.9. The molecule has 2 saturated heterocycles. The Morgan fingerprint density at radius 2 is 1.92 bits per heavy atom. The van der Waals surface area contributed by atoms with Gasteiger partial charge in [-0.25, -0.2) is 26.5 Å². The van der Waals surface area contributed by atoms with Gasteiger partial charge in [0.15, 0.2) is 0 Å². The molecule has 0 unspecified atom stereocenters. The van der Waals surface area contributed by atoms with Crippen molar-refractivity contribution in [2.45, 2.75) is 36.9 Å². The number of hydrogen-bond donors (Lipinski definition) is 0. The fourth-order valence-electron chi connectivity index (χ4n) is 3.89. The minimum absolute atomic E-state index is 0.0723. The highest BCUT2D eigenvalue weighted by Crippen LogP contribution is 2.51. The molecule has 24 heavy (non-hydrogen) atoms. The number of nitrogens with zero attached hydrogens (tertiary/aromatic N) is 3. The second-order valence-corrected chi connectivity index (χ2v) is 9.39. The van der Waals surface area contributed by atoms with Crippen molar-refractivity contribution >= 4 is 15.8 Å². The second kappa shape index (κ2) is 5.36. The molecule has 132 valence electrons. The molecule has 0 aromatic carbocycles. The number of anilines is 1. The lowest BCUT2D eigenvalue weighted by atomic mass is 9.76. The average Bonchev–Trinajstić information content (AvgIpc) is 3.33. The number of sulfonamides is 1. The van der Waals surface area contributed by atoms with Crippen molar-refractivity contribution in [3.05, 3.63) is 24.4 Å².